The van der Waals surface area contributed by atoms with Gasteiger partial charge in [0.1, 0.15) is 5.82 Å². The molecule has 1 amide bonds. The Morgan fingerprint density at radius 3 is 2.75 bits per heavy atom. The number of hydrogen-bond acceptors (Lipinski definition) is 4. The molecule has 0 aliphatic heterocycles. The van der Waals surface area contributed by atoms with Crippen LogP contribution in [-0.4, -0.2) is 26.4 Å². The fraction of sp³-hybridized carbons (Fsp3) is 0.250. The summed E-state index contributed by atoms with van der Waals surface area (Å²) in [6.45, 7) is 4.20. The minimum atomic E-state index is -0.663. The molecule has 0 unspecified atom stereocenters. The molecule has 0 spiro atoms. The average Bonchev–Trinajstić information content (AvgIpc) is 3.07. The molecule has 0 saturated carbocycles. The number of carbonyl (C=O) groups is 1. The van der Waals surface area contributed by atoms with Crippen molar-refractivity contribution in [1.82, 2.24) is 20.1 Å². The van der Waals surface area contributed by atoms with Crippen LogP contribution in [0.25, 0.3) is 5.69 Å². The topological polar surface area (TPSA) is 59.8 Å². The number of aryl methyl sites for hydroxylation is 1. The van der Waals surface area contributed by atoms with Crippen molar-refractivity contribution in [2.45, 2.75) is 32.0 Å². The van der Waals surface area contributed by atoms with E-state index in [9.17, 15) is 9.18 Å². The van der Waals surface area contributed by atoms with E-state index in [1.807, 2.05) is 35.8 Å². The summed E-state index contributed by atoms with van der Waals surface area (Å²) in [6, 6.07) is 12.1. The van der Waals surface area contributed by atoms with Gasteiger partial charge in [0.2, 0.25) is 0 Å². The van der Waals surface area contributed by atoms with Gasteiger partial charge >= 0.3 is 0 Å². The minimum Gasteiger partial charge on any atom is -0.345 e. The first-order valence-electron chi connectivity index (χ1n) is 8.87. The number of thioether (sulfide) groups is 1. The van der Waals surface area contributed by atoms with Crippen molar-refractivity contribution in [3.8, 4) is 5.69 Å². The molecule has 0 radical (unpaired) electrons. The SMILES string of the molecule is CCCSc1nnc(CNC(=O)c2c(F)cccc2Cl)n1-c1cccc(C)c1. The Bertz CT molecular complexity index is 972. The summed E-state index contributed by atoms with van der Waals surface area (Å²) >= 11 is 7.57. The second-order valence-electron chi connectivity index (χ2n) is 6.20. The van der Waals surface area contributed by atoms with Gasteiger partial charge in [0.05, 0.1) is 17.1 Å². The fourth-order valence-electron chi connectivity index (χ4n) is 2.69. The average molecular weight is 419 g/mol. The normalized spacial score (nSPS) is 10.9. The van der Waals surface area contributed by atoms with Crippen LogP contribution in [0.4, 0.5) is 4.39 Å². The van der Waals surface area contributed by atoms with Gasteiger partial charge in [-0.25, -0.2) is 4.39 Å². The maximum atomic E-state index is 14.0. The van der Waals surface area contributed by atoms with E-state index in [1.54, 1.807) is 11.8 Å². The van der Waals surface area contributed by atoms with Gasteiger partial charge in [-0.15, -0.1) is 10.2 Å². The van der Waals surface area contributed by atoms with Gasteiger partial charge in [-0.2, -0.15) is 0 Å². The lowest BCUT2D eigenvalue weighted by atomic mass is 10.2. The fourth-order valence-corrected chi connectivity index (χ4v) is 3.76. The zero-order chi connectivity index (χ0) is 20.1. The number of hydrogen-bond donors (Lipinski definition) is 1. The molecule has 1 heterocycles. The first-order valence-corrected chi connectivity index (χ1v) is 10.2. The zero-order valence-electron chi connectivity index (χ0n) is 15.6. The largest absolute Gasteiger partial charge is 0.345 e. The van der Waals surface area contributed by atoms with Crippen LogP contribution in [-0.2, 0) is 6.54 Å². The van der Waals surface area contributed by atoms with E-state index < -0.39 is 11.7 Å². The summed E-state index contributed by atoms with van der Waals surface area (Å²) in [4.78, 5) is 12.4. The molecule has 8 heteroatoms. The highest BCUT2D eigenvalue weighted by atomic mass is 35.5. The molecule has 2 aromatic carbocycles. The Morgan fingerprint density at radius 1 is 1.25 bits per heavy atom. The van der Waals surface area contributed by atoms with Crippen LogP contribution in [0.15, 0.2) is 47.6 Å². The molecule has 0 aliphatic carbocycles. The van der Waals surface area contributed by atoms with Crippen LogP contribution in [0.5, 0.6) is 0 Å². The van der Waals surface area contributed by atoms with Crippen LogP contribution in [0.2, 0.25) is 5.02 Å². The van der Waals surface area contributed by atoms with Crippen molar-refractivity contribution in [3.63, 3.8) is 0 Å². The van der Waals surface area contributed by atoms with Crippen molar-refractivity contribution in [1.29, 1.82) is 0 Å². The van der Waals surface area contributed by atoms with E-state index in [0.717, 1.165) is 28.6 Å². The van der Waals surface area contributed by atoms with E-state index in [1.165, 1.54) is 18.2 Å². The molecule has 0 fully saturated rings. The van der Waals surface area contributed by atoms with Crippen LogP contribution in [0.1, 0.15) is 35.1 Å². The number of amides is 1. The van der Waals surface area contributed by atoms with E-state index >= 15 is 0 Å². The number of nitrogens with one attached hydrogen (secondary N) is 1. The van der Waals surface area contributed by atoms with Gasteiger partial charge in [0.25, 0.3) is 5.91 Å². The van der Waals surface area contributed by atoms with Crippen LogP contribution >= 0.6 is 23.4 Å². The molecule has 5 nitrogen and oxygen atoms in total. The summed E-state index contributed by atoms with van der Waals surface area (Å²) in [7, 11) is 0. The van der Waals surface area contributed by atoms with Crippen molar-refractivity contribution < 1.29 is 9.18 Å². The molecule has 3 aromatic rings. The third-order valence-electron chi connectivity index (χ3n) is 3.99. The molecule has 1 N–H and O–H groups in total. The number of rotatable bonds is 7. The Morgan fingerprint density at radius 2 is 2.04 bits per heavy atom. The van der Waals surface area contributed by atoms with Crippen LogP contribution < -0.4 is 5.32 Å². The summed E-state index contributed by atoms with van der Waals surface area (Å²) < 4.78 is 15.9. The molecule has 0 bridgehead atoms. The summed E-state index contributed by atoms with van der Waals surface area (Å²) in [5, 5.41) is 12.0. The van der Waals surface area contributed by atoms with Gasteiger partial charge in [-0.1, -0.05) is 48.5 Å². The predicted octanol–water partition coefficient (Wildman–Crippen LogP) is 4.80. The number of halogens is 2. The molecule has 146 valence electrons. The highest BCUT2D eigenvalue weighted by Crippen LogP contribution is 2.24. The van der Waals surface area contributed by atoms with Crippen LogP contribution in [0, 0.1) is 12.7 Å². The Hall–Kier alpha value is -2.38. The van der Waals surface area contributed by atoms with Crippen molar-refractivity contribution in [2.24, 2.45) is 0 Å². The smallest absolute Gasteiger partial charge is 0.256 e. The predicted molar refractivity (Wildman–Crippen MR) is 110 cm³/mol. The van der Waals surface area contributed by atoms with E-state index in [4.69, 9.17) is 11.6 Å². The van der Waals surface area contributed by atoms with Gasteiger partial charge in [0, 0.05) is 11.4 Å². The zero-order valence-corrected chi connectivity index (χ0v) is 17.1. The molecular formula is C20H20ClFN4OS. The third kappa shape index (κ3) is 4.54. The second kappa shape index (κ2) is 9.21. The van der Waals surface area contributed by atoms with Gasteiger partial charge in [-0.05, 0) is 43.2 Å². The van der Waals surface area contributed by atoms with Crippen molar-refractivity contribution in [3.05, 3.63) is 70.3 Å². The lowest BCUT2D eigenvalue weighted by Gasteiger charge is -2.12. The van der Waals surface area contributed by atoms with Crippen molar-refractivity contribution >= 4 is 29.3 Å². The maximum Gasteiger partial charge on any atom is 0.256 e. The molecule has 1 aromatic heterocycles. The lowest BCUT2D eigenvalue weighted by Crippen LogP contribution is -2.26. The molecule has 0 aliphatic rings. The molecule has 28 heavy (non-hydrogen) atoms. The molecular weight excluding hydrogens is 399 g/mol. The first-order chi connectivity index (χ1) is 13.5. The van der Waals surface area contributed by atoms with Gasteiger partial charge in [-0.3, -0.25) is 9.36 Å². The van der Waals surface area contributed by atoms with E-state index in [2.05, 4.69) is 22.4 Å². The number of carbonyl (C=O) groups excluding carboxylic acids is 1. The first kappa shape index (κ1) is 20.4. The lowest BCUT2D eigenvalue weighted by molar-refractivity contribution is 0.0946. The van der Waals surface area contributed by atoms with Gasteiger partial charge in [0.15, 0.2) is 11.0 Å². The standard InChI is InChI=1S/C20H20ClFN4OS/c1-3-10-28-20-25-24-17(26(20)14-7-4-6-13(2)11-14)12-23-19(27)18-15(21)8-5-9-16(18)22/h4-9,11H,3,10,12H2,1-2H3,(H,23,27). The highest BCUT2D eigenvalue weighted by molar-refractivity contribution is 7.99. The summed E-state index contributed by atoms with van der Waals surface area (Å²) in [5.41, 5.74) is 1.84. The monoisotopic (exact) mass is 418 g/mol. The highest BCUT2D eigenvalue weighted by Gasteiger charge is 2.18. The second-order valence-corrected chi connectivity index (χ2v) is 7.67. The maximum absolute atomic E-state index is 14.0. The number of aromatic nitrogens is 3. The Kier molecular flexibility index (Phi) is 6.70. The van der Waals surface area contributed by atoms with Crippen molar-refractivity contribution in [2.75, 3.05) is 5.75 Å². The Labute approximate surface area is 172 Å². The van der Waals surface area contributed by atoms with E-state index in [0.29, 0.717) is 5.82 Å². The molecule has 3 rings (SSSR count). The summed E-state index contributed by atoms with van der Waals surface area (Å²) in [5.74, 6) is 0.209. The Balaban J connectivity index is 1.88. The van der Waals surface area contributed by atoms with Gasteiger partial charge < -0.3 is 5.32 Å². The molecule has 0 saturated heterocycles. The minimum absolute atomic E-state index is 0.0665. The number of nitrogens with zero attached hydrogens (tertiary/aromatic N) is 3. The summed E-state index contributed by atoms with van der Waals surface area (Å²) in [6.07, 6.45) is 1.00. The molecule has 0 atom stereocenters. The van der Waals surface area contributed by atoms with Crippen LogP contribution in [0.3, 0.4) is 0 Å². The third-order valence-corrected chi connectivity index (χ3v) is 5.44. The van der Waals surface area contributed by atoms with E-state index in [-0.39, 0.29) is 17.1 Å². The number of benzene rings is 2. The quantitative estimate of drug-likeness (QED) is 0.560.